The molecule has 1 aliphatic heterocycles. The average Bonchev–Trinajstić information content (AvgIpc) is 3.08. The molecule has 144 valence electrons. The Hall–Kier alpha value is -2.01. The minimum absolute atomic E-state index is 0.0895. The molecule has 0 bridgehead atoms. The highest BCUT2D eigenvalue weighted by Crippen LogP contribution is 2.38. The maximum Gasteiger partial charge on any atom is 0.257 e. The van der Waals surface area contributed by atoms with Crippen LogP contribution in [0.3, 0.4) is 0 Å². The van der Waals surface area contributed by atoms with E-state index in [9.17, 15) is 4.79 Å². The quantitative estimate of drug-likeness (QED) is 0.776. The first-order valence-corrected chi connectivity index (χ1v) is 10.1. The molecule has 27 heavy (non-hydrogen) atoms. The standard InChI is InChI=1S/C21H26ClN3O2/c1-24-20(16-10-9-15(22)12-19(16)27-2)17(13-23-24)21(26)25-11-5-7-14-6-3-4-8-18(14)25/h9-10,12-14,18H,3-8,11H2,1-2H3. The number of benzene rings is 1. The number of rotatable bonds is 3. The first kappa shape index (κ1) is 18.4. The Labute approximate surface area is 165 Å². The van der Waals surface area contributed by atoms with Gasteiger partial charge in [-0.2, -0.15) is 5.10 Å². The van der Waals surface area contributed by atoms with Crippen molar-refractivity contribution >= 4 is 17.5 Å². The van der Waals surface area contributed by atoms with Gasteiger partial charge in [-0.3, -0.25) is 9.48 Å². The normalized spacial score (nSPS) is 22.4. The number of amides is 1. The number of ether oxygens (including phenoxy) is 1. The van der Waals surface area contributed by atoms with E-state index in [0.29, 0.717) is 28.3 Å². The van der Waals surface area contributed by atoms with E-state index in [1.807, 2.05) is 19.2 Å². The van der Waals surface area contributed by atoms with Crippen molar-refractivity contribution in [2.45, 2.75) is 44.6 Å². The molecule has 0 N–H and O–H groups in total. The average molecular weight is 388 g/mol. The Balaban J connectivity index is 1.72. The Morgan fingerprint density at radius 1 is 1.22 bits per heavy atom. The Kier molecular flexibility index (Phi) is 5.13. The van der Waals surface area contributed by atoms with Gasteiger partial charge in [0.2, 0.25) is 0 Å². The number of piperidine rings is 1. The topological polar surface area (TPSA) is 47.4 Å². The van der Waals surface area contributed by atoms with Crippen molar-refractivity contribution in [1.82, 2.24) is 14.7 Å². The maximum atomic E-state index is 13.5. The van der Waals surface area contributed by atoms with Crippen molar-refractivity contribution in [2.24, 2.45) is 13.0 Å². The minimum Gasteiger partial charge on any atom is -0.496 e. The van der Waals surface area contributed by atoms with Gasteiger partial charge < -0.3 is 9.64 Å². The van der Waals surface area contributed by atoms with Crippen LogP contribution < -0.4 is 4.74 Å². The number of fused-ring (bicyclic) bond motifs is 1. The number of hydrogen-bond acceptors (Lipinski definition) is 3. The van der Waals surface area contributed by atoms with E-state index in [0.717, 1.165) is 30.6 Å². The highest BCUT2D eigenvalue weighted by molar-refractivity contribution is 6.30. The number of halogens is 1. The highest BCUT2D eigenvalue weighted by Gasteiger charge is 2.37. The second-order valence-corrected chi connectivity index (χ2v) is 8.06. The molecule has 2 unspecified atom stereocenters. The molecule has 1 amide bonds. The van der Waals surface area contributed by atoms with E-state index < -0.39 is 0 Å². The first-order chi connectivity index (χ1) is 13.1. The molecular formula is C21H26ClN3O2. The summed E-state index contributed by atoms with van der Waals surface area (Å²) in [6, 6.07) is 5.86. The molecule has 1 aromatic carbocycles. The van der Waals surface area contributed by atoms with Crippen LogP contribution in [0.15, 0.2) is 24.4 Å². The number of likely N-dealkylation sites (tertiary alicyclic amines) is 1. The van der Waals surface area contributed by atoms with Gasteiger partial charge in [0, 0.05) is 30.2 Å². The van der Waals surface area contributed by atoms with Gasteiger partial charge in [0.05, 0.1) is 24.6 Å². The fourth-order valence-electron chi connectivity index (χ4n) is 4.81. The molecule has 2 aliphatic rings. The van der Waals surface area contributed by atoms with E-state index >= 15 is 0 Å². The van der Waals surface area contributed by atoms with E-state index in [2.05, 4.69) is 10.00 Å². The molecule has 2 aromatic rings. The van der Waals surface area contributed by atoms with Crippen molar-refractivity contribution < 1.29 is 9.53 Å². The molecule has 2 atom stereocenters. The lowest BCUT2D eigenvalue weighted by molar-refractivity contribution is 0.0391. The van der Waals surface area contributed by atoms with Gasteiger partial charge in [0.25, 0.3) is 5.91 Å². The monoisotopic (exact) mass is 387 g/mol. The van der Waals surface area contributed by atoms with Gasteiger partial charge in [-0.05, 0) is 49.8 Å². The van der Waals surface area contributed by atoms with Gasteiger partial charge in [-0.15, -0.1) is 0 Å². The zero-order valence-corrected chi connectivity index (χ0v) is 16.7. The molecule has 1 saturated heterocycles. The predicted molar refractivity (Wildman–Crippen MR) is 106 cm³/mol. The molecule has 6 heteroatoms. The third-order valence-electron chi connectivity index (χ3n) is 6.09. The second kappa shape index (κ2) is 7.55. The van der Waals surface area contributed by atoms with Crippen LogP contribution in [-0.4, -0.2) is 40.3 Å². The van der Waals surface area contributed by atoms with Crippen LogP contribution in [0.1, 0.15) is 48.9 Å². The fourth-order valence-corrected chi connectivity index (χ4v) is 4.97. The summed E-state index contributed by atoms with van der Waals surface area (Å²) in [5.41, 5.74) is 2.26. The smallest absolute Gasteiger partial charge is 0.257 e. The molecule has 5 nitrogen and oxygen atoms in total. The van der Waals surface area contributed by atoms with Crippen LogP contribution in [0.2, 0.25) is 5.02 Å². The zero-order chi connectivity index (χ0) is 19.0. The van der Waals surface area contributed by atoms with Crippen molar-refractivity contribution in [3.63, 3.8) is 0 Å². The molecule has 1 saturated carbocycles. The number of carbonyl (C=O) groups is 1. The van der Waals surface area contributed by atoms with E-state index in [4.69, 9.17) is 16.3 Å². The van der Waals surface area contributed by atoms with Crippen molar-refractivity contribution in [2.75, 3.05) is 13.7 Å². The van der Waals surface area contributed by atoms with Gasteiger partial charge in [0.1, 0.15) is 5.75 Å². The van der Waals surface area contributed by atoms with Gasteiger partial charge in [-0.1, -0.05) is 24.4 Å². The third kappa shape index (κ3) is 3.33. The molecule has 0 radical (unpaired) electrons. The van der Waals surface area contributed by atoms with E-state index in [1.54, 1.807) is 24.1 Å². The summed E-state index contributed by atoms with van der Waals surface area (Å²) in [4.78, 5) is 15.6. The molecular weight excluding hydrogens is 362 g/mol. The Morgan fingerprint density at radius 3 is 2.81 bits per heavy atom. The van der Waals surface area contributed by atoms with Gasteiger partial charge >= 0.3 is 0 Å². The lowest BCUT2D eigenvalue weighted by Gasteiger charge is -2.44. The van der Waals surface area contributed by atoms with Crippen LogP contribution in [0.4, 0.5) is 0 Å². The largest absolute Gasteiger partial charge is 0.496 e. The lowest BCUT2D eigenvalue weighted by atomic mass is 9.78. The number of nitrogens with zero attached hydrogens (tertiary/aromatic N) is 3. The van der Waals surface area contributed by atoms with Crippen molar-refractivity contribution in [1.29, 1.82) is 0 Å². The Morgan fingerprint density at radius 2 is 2.00 bits per heavy atom. The maximum absolute atomic E-state index is 13.5. The van der Waals surface area contributed by atoms with Crippen molar-refractivity contribution in [3.8, 4) is 17.0 Å². The van der Waals surface area contributed by atoms with Gasteiger partial charge in [-0.25, -0.2) is 0 Å². The number of aromatic nitrogens is 2. The predicted octanol–water partition coefficient (Wildman–Crippen LogP) is 4.54. The summed E-state index contributed by atoms with van der Waals surface area (Å²) < 4.78 is 7.27. The summed E-state index contributed by atoms with van der Waals surface area (Å²) in [5.74, 6) is 1.39. The van der Waals surface area contributed by atoms with Crippen LogP contribution in [-0.2, 0) is 7.05 Å². The molecule has 4 rings (SSSR count). The first-order valence-electron chi connectivity index (χ1n) is 9.77. The van der Waals surface area contributed by atoms with Crippen LogP contribution in [0.25, 0.3) is 11.3 Å². The van der Waals surface area contributed by atoms with Crippen LogP contribution >= 0.6 is 11.6 Å². The number of methoxy groups -OCH3 is 1. The summed E-state index contributed by atoms with van der Waals surface area (Å²) in [7, 11) is 3.48. The molecule has 1 aliphatic carbocycles. The molecule has 1 aromatic heterocycles. The van der Waals surface area contributed by atoms with Crippen LogP contribution in [0, 0.1) is 5.92 Å². The third-order valence-corrected chi connectivity index (χ3v) is 6.33. The van der Waals surface area contributed by atoms with Crippen molar-refractivity contribution in [3.05, 3.63) is 35.0 Å². The summed E-state index contributed by atoms with van der Waals surface area (Å²) in [5, 5.41) is 4.99. The minimum atomic E-state index is 0.0895. The summed E-state index contributed by atoms with van der Waals surface area (Å²) >= 11 is 6.12. The molecule has 0 spiro atoms. The molecule has 2 fully saturated rings. The fraction of sp³-hybridized carbons (Fsp3) is 0.524. The second-order valence-electron chi connectivity index (χ2n) is 7.63. The molecule has 2 heterocycles. The van der Waals surface area contributed by atoms with E-state index in [1.165, 1.54) is 25.7 Å². The van der Waals surface area contributed by atoms with Gasteiger partial charge in [0.15, 0.2) is 0 Å². The van der Waals surface area contributed by atoms with E-state index in [-0.39, 0.29) is 5.91 Å². The Bertz CT molecular complexity index is 846. The van der Waals surface area contributed by atoms with Crippen LogP contribution in [0.5, 0.6) is 5.75 Å². The summed E-state index contributed by atoms with van der Waals surface area (Å²) in [6.07, 6.45) is 8.92. The highest BCUT2D eigenvalue weighted by atomic mass is 35.5. The number of hydrogen-bond donors (Lipinski definition) is 0. The number of aryl methyl sites for hydroxylation is 1. The lowest BCUT2D eigenvalue weighted by Crippen LogP contribution is -2.49. The summed E-state index contributed by atoms with van der Waals surface area (Å²) in [6.45, 7) is 0.839. The SMILES string of the molecule is COc1cc(Cl)ccc1-c1c(C(=O)N2CCCC3CCCCC32)cnn1C. The zero-order valence-electron chi connectivity index (χ0n) is 15.9. The number of carbonyl (C=O) groups excluding carboxylic acids is 1.